The van der Waals surface area contributed by atoms with Gasteiger partial charge in [-0.1, -0.05) is 17.8 Å². The fourth-order valence-corrected chi connectivity index (χ4v) is 5.29. The Labute approximate surface area is 186 Å². The Bertz CT molecular complexity index is 1040. The van der Waals surface area contributed by atoms with E-state index in [1.54, 1.807) is 24.3 Å². The molecule has 2 N–H and O–H groups in total. The molecular formula is C24H25N3O3S. The van der Waals surface area contributed by atoms with Crippen molar-refractivity contribution in [3.05, 3.63) is 69.8 Å². The molecule has 0 bridgehead atoms. The van der Waals surface area contributed by atoms with Gasteiger partial charge in [-0.25, -0.2) is 0 Å². The van der Waals surface area contributed by atoms with Crippen LogP contribution in [0.3, 0.4) is 0 Å². The Morgan fingerprint density at radius 1 is 1.26 bits per heavy atom. The number of hydrogen-bond acceptors (Lipinski definition) is 6. The summed E-state index contributed by atoms with van der Waals surface area (Å²) in [6.07, 6.45) is 1.04. The Balaban J connectivity index is 1.30. The number of carbonyl (C=O) groups excluding carboxylic acids is 2. The summed E-state index contributed by atoms with van der Waals surface area (Å²) < 4.78 is 0. The Kier molecular flexibility index (Phi) is 6.42. The smallest absolute Gasteiger partial charge is 0.251 e. The molecular weight excluding hydrogens is 410 g/mol. The number of thioether (sulfide) groups is 1. The van der Waals surface area contributed by atoms with Gasteiger partial charge < -0.3 is 15.3 Å². The maximum Gasteiger partial charge on any atom is 0.251 e. The fourth-order valence-electron chi connectivity index (χ4n) is 4.30. The van der Waals surface area contributed by atoms with Crippen molar-refractivity contribution in [1.82, 2.24) is 10.2 Å². The monoisotopic (exact) mass is 435 g/mol. The molecule has 1 atom stereocenters. The molecule has 1 saturated heterocycles. The second-order valence-electron chi connectivity index (χ2n) is 8.14. The standard InChI is InChI=1S/C24H25N3O3S/c1-15-19(6-7-20-21(15)14-31-24(20)30)22(28)13-27-10-8-18(9-11-27)26-23(29)17-4-2-16(12-25)3-5-17/h2-7,18,22,28H,8-11,13-14H2,1H3,(H,26,29)/t22-/m0/s1. The largest absolute Gasteiger partial charge is 0.387 e. The molecule has 4 rings (SSSR count). The number of piperidine rings is 1. The van der Waals surface area contributed by atoms with Crippen LogP contribution < -0.4 is 5.32 Å². The lowest BCUT2D eigenvalue weighted by atomic mass is 9.94. The molecule has 2 aliphatic rings. The molecule has 0 radical (unpaired) electrons. The van der Waals surface area contributed by atoms with Crippen molar-refractivity contribution in [1.29, 1.82) is 5.26 Å². The zero-order chi connectivity index (χ0) is 22.0. The summed E-state index contributed by atoms with van der Waals surface area (Å²) in [4.78, 5) is 26.6. The molecule has 1 fully saturated rings. The summed E-state index contributed by atoms with van der Waals surface area (Å²) >= 11 is 1.32. The minimum Gasteiger partial charge on any atom is -0.387 e. The van der Waals surface area contributed by atoms with Gasteiger partial charge in [0.2, 0.25) is 5.12 Å². The Morgan fingerprint density at radius 2 is 1.97 bits per heavy atom. The number of aliphatic hydroxyl groups excluding tert-OH is 1. The minimum absolute atomic E-state index is 0.0984. The average Bonchev–Trinajstić information content (AvgIpc) is 3.17. The van der Waals surface area contributed by atoms with Gasteiger partial charge in [0.1, 0.15) is 0 Å². The number of aliphatic hydroxyl groups is 1. The number of nitrogens with one attached hydrogen (secondary N) is 1. The van der Waals surface area contributed by atoms with Crippen molar-refractivity contribution in [3.63, 3.8) is 0 Å². The van der Waals surface area contributed by atoms with E-state index < -0.39 is 6.10 Å². The summed E-state index contributed by atoms with van der Waals surface area (Å²) in [5.41, 5.74) is 4.83. The number of nitriles is 1. The van der Waals surface area contributed by atoms with Gasteiger partial charge in [-0.05, 0) is 66.8 Å². The second kappa shape index (κ2) is 9.23. The maximum atomic E-state index is 12.4. The van der Waals surface area contributed by atoms with Crippen molar-refractivity contribution in [2.24, 2.45) is 0 Å². The molecule has 0 unspecified atom stereocenters. The normalized spacial score (nSPS) is 17.8. The third kappa shape index (κ3) is 4.67. The van der Waals surface area contributed by atoms with Crippen LogP contribution in [0.15, 0.2) is 36.4 Å². The van der Waals surface area contributed by atoms with Crippen molar-refractivity contribution in [3.8, 4) is 6.07 Å². The summed E-state index contributed by atoms with van der Waals surface area (Å²) in [7, 11) is 0. The van der Waals surface area contributed by atoms with Gasteiger partial charge in [-0.15, -0.1) is 0 Å². The van der Waals surface area contributed by atoms with Gasteiger partial charge in [0.15, 0.2) is 0 Å². The third-order valence-corrected chi connectivity index (χ3v) is 7.11. The molecule has 2 heterocycles. The first-order valence-corrected chi connectivity index (χ1v) is 11.5. The third-order valence-electron chi connectivity index (χ3n) is 6.20. The lowest BCUT2D eigenvalue weighted by Gasteiger charge is -2.33. The first kappa shape index (κ1) is 21.6. The highest BCUT2D eigenvalue weighted by Gasteiger charge is 2.27. The molecule has 7 heteroatoms. The van der Waals surface area contributed by atoms with Crippen LogP contribution in [-0.2, 0) is 5.75 Å². The molecule has 0 aliphatic carbocycles. The quantitative estimate of drug-likeness (QED) is 0.749. The van der Waals surface area contributed by atoms with Gasteiger partial charge in [0, 0.05) is 42.6 Å². The first-order chi connectivity index (χ1) is 15.0. The van der Waals surface area contributed by atoms with Crippen LogP contribution in [0, 0.1) is 18.3 Å². The van der Waals surface area contributed by atoms with E-state index in [-0.39, 0.29) is 17.1 Å². The molecule has 0 spiro atoms. The molecule has 2 aromatic carbocycles. The topological polar surface area (TPSA) is 93.4 Å². The SMILES string of the molecule is Cc1c([C@@H](O)CN2CCC(NC(=O)c3ccc(C#N)cc3)CC2)ccc2c1CSC2=O. The molecule has 2 aromatic rings. The fraction of sp³-hybridized carbons (Fsp3) is 0.375. The zero-order valence-corrected chi connectivity index (χ0v) is 18.2. The number of rotatable bonds is 5. The Morgan fingerprint density at radius 3 is 2.65 bits per heavy atom. The minimum atomic E-state index is -0.601. The number of benzene rings is 2. The summed E-state index contributed by atoms with van der Waals surface area (Å²) in [6.45, 7) is 4.12. The average molecular weight is 436 g/mol. The van der Waals surface area contributed by atoms with E-state index in [9.17, 15) is 14.7 Å². The number of β-amino-alcohol motifs (C(OH)–C–C–N with tert-alkyl or cyclic N) is 1. The number of carbonyl (C=O) groups is 2. The van der Waals surface area contributed by atoms with E-state index in [2.05, 4.69) is 16.3 Å². The van der Waals surface area contributed by atoms with Gasteiger partial charge in [-0.3, -0.25) is 9.59 Å². The van der Waals surface area contributed by atoms with E-state index in [0.717, 1.165) is 48.2 Å². The Hall–Kier alpha value is -2.66. The maximum absolute atomic E-state index is 12.4. The van der Waals surface area contributed by atoms with Gasteiger partial charge in [-0.2, -0.15) is 5.26 Å². The van der Waals surface area contributed by atoms with Gasteiger partial charge >= 0.3 is 0 Å². The van der Waals surface area contributed by atoms with Crippen LogP contribution in [0.5, 0.6) is 0 Å². The van der Waals surface area contributed by atoms with Crippen molar-refractivity contribution in [2.45, 2.75) is 37.7 Å². The van der Waals surface area contributed by atoms with E-state index in [4.69, 9.17) is 5.26 Å². The van der Waals surface area contributed by atoms with Crippen LogP contribution in [0.25, 0.3) is 0 Å². The summed E-state index contributed by atoms with van der Waals surface area (Å²) in [5, 5.41) is 22.9. The number of likely N-dealkylation sites (tertiary alicyclic amines) is 1. The van der Waals surface area contributed by atoms with Crippen molar-refractivity contribution in [2.75, 3.05) is 19.6 Å². The van der Waals surface area contributed by atoms with Gasteiger partial charge in [0.25, 0.3) is 5.91 Å². The molecule has 6 nitrogen and oxygen atoms in total. The van der Waals surface area contributed by atoms with E-state index in [1.165, 1.54) is 11.8 Å². The lowest BCUT2D eigenvalue weighted by Crippen LogP contribution is -2.45. The van der Waals surface area contributed by atoms with Crippen LogP contribution in [-0.4, -0.2) is 46.7 Å². The first-order valence-electron chi connectivity index (χ1n) is 10.5. The second-order valence-corrected chi connectivity index (χ2v) is 9.08. The highest BCUT2D eigenvalue weighted by atomic mass is 32.2. The van der Waals surface area contributed by atoms with E-state index in [1.807, 2.05) is 19.1 Å². The molecule has 0 saturated carbocycles. The summed E-state index contributed by atoms with van der Waals surface area (Å²) in [6, 6.07) is 12.5. The highest BCUT2D eigenvalue weighted by molar-refractivity contribution is 8.13. The van der Waals surface area contributed by atoms with Crippen LogP contribution in [0.2, 0.25) is 0 Å². The molecule has 31 heavy (non-hydrogen) atoms. The lowest BCUT2D eigenvalue weighted by molar-refractivity contribution is 0.0826. The van der Waals surface area contributed by atoms with Crippen molar-refractivity contribution < 1.29 is 14.7 Å². The molecule has 0 aromatic heterocycles. The van der Waals surface area contributed by atoms with Crippen LogP contribution in [0.4, 0.5) is 0 Å². The number of nitrogens with zero attached hydrogens (tertiary/aromatic N) is 2. The van der Waals surface area contributed by atoms with Gasteiger partial charge in [0.05, 0.1) is 17.7 Å². The van der Waals surface area contributed by atoms with Crippen LogP contribution >= 0.6 is 11.8 Å². The molecule has 160 valence electrons. The predicted molar refractivity (Wildman–Crippen MR) is 120 cm³/mol. The van der Waals surface area contributed by atoms with E-state index in [0.29, 0.717) is 23.4 Å². The summed E-state index contributed by atoms with van der Waals surface area (Å²) in [5.74, 6) is 0.564. The number of amides is 1. The molecule has 1 amide bonds. The predicted octanol–water partition coefficient (Wildman–Crippen LogP) is 3.18. The van der Waals surface area contributed by atoms with Crippen LogP contribution in [0.1, 0.15) is 61.9 Å². The highest BCUT2D eigenvalue weighted by Crippen LogP contribution is 2.35. The zero-order valence-electron chi connectivity index (χ0n) is 17.4. The number of hydrogen-bond donors (Lipinski definition) is 2. The van der Waals surface area contributed by atoms with Crippen molar-refractivity contribution >= 4 is 22.8 Å². The molecule has 2 aliphatic heterocycles. The number of fused-ring (bicyclic) bond motifs is 1. The van der Waals surface area contributed by atoms with E-state index >= 15 is 0 Å².